The number of rotatable bonds is 3. The zero-order chi connectivity index (χ0) is 13.4. The third kappa shape index (κ3) is 2.25. The summed E-state index contributed by atoms with van der Waals surface area (Å²) in [7, 11) is 0. The first-order valence-electron chi connectivity index (χ1n) is 6.17. The molecule has 1 fully saturated rings. The molecular weight excluding hydrogens is 252 g/mol. The summed E-state index contributed by atoms with van der Waals surface area (Å²) in [4.78, 5) is 6.10. The molecular formula is C12H16N2O5. The third-order valence-corrected chi connectivity index (χ3v) is 3.38. The molecule has 1 aromatic heterocycles. The zero-order valence-corrected chi connectivity index (χ0v) is 10.3. The van der Waals surface area contributed by atoms with Crippen molar-refractivity contribution in [2.75, 3.05) is 13.3 Å². The lowest BCUT2D eigenvalue weighted by Gasteiger charge is -2.26. The van der Waals surface area contributed by atoms with Crippen molar-refractivity contribution in [2.45, 2.75) is 31.5 Å². The van der Waals surface area contributed by atoms with Gasteiger partial charge in [0.15, 0.2) is 0 Å². The molecule has 0 unspecified atom stereocenters. The molecule has 2 aliphatic rings. The molecule has 3 N–H and O–H groups in total. The fraction of sp³-hybridized carbons (Fsp3) is 0.583. The van der Waals surface area contributed by atoms with Crippen molar-refractivity contribution in [3.63, 3.8) is 0 Å². The average molecular weight is 268 g/mol. The van der Waals surface area contributed by atoms with E-state index >= 15 is 0 Å². The highest BCUT2D eigenvalue weighted by Crippen LogP contribution is 2.23. The Kier molecular flexibility index (Phi) is 3.28. The number of fused-ring (bicyclic) bond motifs is 1. The Balaban J connectivity index is 1.81. The molecule has 0 aliphatic carbocycles. The van der Waals surface area contributed by atoms with Crippen LogP contribution in [0.1, 0.15) is 12.2 Å². The van der Waals surface area contributed by atoms with Crippen molar-refractivity contribution in [2.24, 2.45) is 4.99 Å². The van der Waals surface area contributed by atoms with Crippen molar-refractivity contribution < 1.29 is 24.5 Å². The molecule has 7 heteroatoms. The minimum absolute atomic E-state index is 0.165. The van der Waals surface area contributed by atoms with E-state index in [9.17, 15) is 5.11 Å². The zero-order valence-electron chi connectivity index (χ0n) is 10.3. The summed E-state index contributed by atoms with van der Waals surface area (Å²) >= 11 is 0. The van der Waals surface area contributed by atoms with Gasteiger partial charge < -0.3 is 29.4 Å². The number of hydrogen-bond acceptors (Lipinski definition) is 7. The largest absolute Gasteiger partial charge is 0.441 e. The Bertz CT molecular complexity index is 569. The van der Waals surface area contributed by atoms with Gasteiger partial charge >= 0.3 is 0 Å². The van der Waals surface area contributed by atoms with E-state index < -0.39 is 12.2 Å². The fourth-order valence-corrected chi connectivity index (χ4v) is 2.37. The maximum Gasteiger partial charge on any atom is 0.225 e. The molecule has 1 aromatic rings. The standard InChI is InChI=1S/C12H16N2O5/c15-4-8-1-7-3-14(6-13-12(7)18-8)11-2-9(17)10(5-16)19-11/h1,3,9-11,15-17H,2,4-6H2/t9-,10+,11+/m0/s1. The third-order valence-electron chi connectivity index (χ3n) is 3.38. The predicted molar refractivity (Wildman–Crippen MR) is 63.0 cm³/mol. The van der Waals surface area contributed by atoms with Crippen LogP contribution in [0.3, 0.4) is 0 Å². The molecule has 0 saturated carbocycles. The van der Waals surface area contributed by atoms with E-state index in [2.05, 4.69) is 4.99 Å². The maximum atomic E-state index is 9.72. The SMILES string of the molecule is OCc1cc2c(o1)=NCN([C@H]1C[C@H](O)[C@@H](CO)O1)C=2. The van der Waals surface area contributed by atoms with Gasteiger partial charge in [-0.2, -0.15) is 0 Å². The summed E-state index contributed by atoms with van der Waals surface area (Å²) in [6.45, 7) is -0.00320. The van der Waals surface area contributed by atoms with Gasteiger partial charge in [-0.1, -0.05) is 0 Å². The Labute approximate surface area is 109 Å². The summed E-state index contributed by atoms with van der Waals surface area (Å²) in [6.07, 6.45) is 0.746. The van der Waals surface area contributed by atoms with Gasteiger partial charge in [0.25, 0.3) is 0 Å². The van der Waals surface area contributed by atoms with Gasteiger partial charge in [0, 0.05) is 12.6 Å². The van der Waals surface area contributed by atoms with E-state index in [1.165, 1.54) is 0 Å². The lowest BCUT2D eigenvalue weighted by atomic mass is 10.2. The Morgan fingerprint density at radius 3 is 2.95 bits per heavy atom. The Morgan fingerprint density at radius 2 is 2.26 bits per heavy atom. The second-order valence-corrected chi connectivity index (χ2v) is 4.69. The number of aliphatic hydroxyl groups excluding tert-OH is 3. The first-order valence-corrected chi connectivity index (χ1v) is 6.17. The van der Waals surface area contributed by atoms with Gasteiger partial charge in [-0.3, -0.25) is 0 Å². The molecule has 0 radical (unpaired) electrons. The maximum absolute atomic E-state index is 9.72. The van der Waals surface area contributed by atoms with Crippen LogP contribution in [0.5, 0.6) is 0 Å². The predicted octanol–water partition coefficient (Wildman–Crippen LogP) is -2.13. The molecule has 0 aromatic carbocycles. The number of aliphatic hydroxyl groups is 3. The van der Waals surface area contributed by atoms with Crippen LogP contribution in [0.15, 0.2) is 15.5 Å². The molecule has 3 atom stereocenters. The van der Waals surface area contributed by atoms with Crippen molar-refractivity contribution in [1.82, 2.24) is 4.90 Å². The van der Waals surface area contributed by atoms with Crippen LogP contribution < -0.4 is 10.8 Å². The van der Waals surface area contributed by atoms with Crippen molar-refractivity contribution in [3.05, 3.63) is 22.6 Å². The molecule has 1 saturated heterocycles. The minimum Gasteiger partial charge on any atom is -0.441 e. The van der Waals surface area contributed by atoms with Crippen LogP contribution in [0.25, 0.3) is 6.20 Å². The van der Waals surface area contributed by atoms with Gasteiger partial charge in [0.1, 0.15) is 31.4 Å². The minimum atomic E-state index is -0.665. The Morgan fingerprint density at radius 1 is 1.42 bits per heavy atom. The molecule has 0 bridgehead atoms. The van der Waals surface area contributed by atoms with E-state index in [0.29, 0.717) is 24.4 Å². The van der Waals surface area contributed by atoms with E-state index in [4.69, 9.17) is 19.4 Å². The number of nitrogens with zero attached hydrogens (tertiary/aromatic N) is 2. The van der Waals surface area contributed by atoms with Gasteiger partial charge in [-0.05, 0) is 6.07 Å². The van der Waals surface area contributed by atoms with Crippen molar-refractivity contribution in [3.8, 4) is 0 Å². The molecule has 3 rings (SSSR count). The second-order valence-electron chi connectivity index (χ2n) is 4.69. The van der Waals surface area contributed by atoms with Crippen LogP contribution in [0.4, 0.5) is 0 Å². The molecule has 0 amide bonds. The molecule has 19 heavy (non-hydrogen) atoms. The molecule has 104 valence electrons. The van der Waals surface area contributed by atoms with Gasteiger partial charge in [0.2, 0.25) is 5.55 Å². The fourth-order valence-electron chi connectivity index (χ4n) is 2.37. The van der Waals surface area contributed by atoms with Crippen LogP contribution >= 0.6 is 0 Å². The summed E-state index contributed by atoms with van der Waals surface area (Å²) in [5.74, 6) is 0.465. The van der Waals surface area contributed by atoms with Gasteiger partial charge in [-0.25, -0.2) is 4.99 Å². The lowest BCUT2D eigenvalue weighted by Crippen LogP contribution is -2.39. The summed E-state index contributed by atoms with van der Waals surface area (Å²) in [6, 6.07) is 1.72. The van der Waals surface area contributed by atoms with E-state index in [-0.39, 0.29) is 19.4 Å². The first kappa shape index (κ1) is 12.6. The van der Waals surface area contributed by atoms with Crippen LogP contribution in [0, 0.1) is 0 Å². The highest BCUT2D eigenvalue weighted by molar-refractivity contribution is 5.23. The lowest BCUT2D eigenvalue weighted by molar-refractivity contribution is -0.0594. The van der Waals surface area contributed by atoms with Crippen molar-refractivity contribution >= 4 is 6.20 Å². The highest BCUT2D eigenvalue weighted by Gasteiger charge is 2.36. The summed E-state index contributed by atoms with van der Waals surface area (Å²) < 4.78 is 10.9. The van der Waals surface area contributed by atoms with E-state index in [1.54, 1.807) is 6.07 Å². The van der Waals surface area contributed by atoms with Crippen LogP contribution in [-0.2, 0) is 11.3 Å². The highest BCUT2D eigenvalue weighted by atomic mass is 16.5. The normalized spacial score (nSPS) is 29.8. The topological polar surface area (TPSA) is 98.7 Å². The van der Waals surface area contributed by atoms with Crippen LogP contribution in [0.2, 0.25) is 0 Å². The molecule has 3 heterocycles. The number of ether oxygens (including phenoxy) is 1. The summed E-state index contributed by atoms with van der Waals surface area (Å²) in [5, 5.41) is 28.6. The molecule has 7 nitrogen and oxygen atoms in total. The van der Waals surface area contributed by atoms with Crippen LogP contribution in [-0.4, -0.2) is 51.9 Å². The van der Waals surface area contributed by atoms with E-state index in [1.807, 2.05) is 11.1 Å². The van der Waals surface area contributed by atoms with Gasteiger partial charge in [0.05, 0.1) is 17.9 Å². The number of hydrogen-bond donors (Lipinski definition) is 3. The monoisotopic (exact) mass is 268 g/mol. The Hall–Kier alpha value is -1.41. The second kappa shape index (κ2) is 4.93. The molecule has 2 aliphatic heterocycles. The number of furan rings is 1. The molecule has 0 spiro atoms. The van der Waals surface area contributed by atoms with Crippen molar-refractivity contribution in [1.29, 1.82) is 0 Å². The van der Waals surface area contributed by atoms with Gasteiger partial charge in [-0.15, -0.1) is 0 Å². The quantitative estimate of drug-likeness (QED) is 0.579. The first-order chi connectivity index (χ1) is 9.21. The smallest absolute Gasteiger partial charge is 0.225 e. The average Bonchev–Trinajstić information content (AvgIpc) is 3.00. The van der Waals surface area contributed by atoms with E-state index in [0.717, 1.165) is 5.22 Å². The summed E-state index contributed by atoms with van der Waals surface area (Å²) in [5.41, 5.74) is 0.498.